The van der Waals surface area contributed by atoms with Crippen LogP contribution in [0.4, 0.5) is 19.3 Å². The third kappa shape index (κ3) is 4.92. The van der Waals surface area contributed by atoms with E-state index >= 15 is 0 Å². The van der Waals surface area contributed by atoms with Gasteiger partial charge in [0.05, 0.1) is 6.54 Å². The minimum Gasteiger partial charge on any atom is -0.415 e. The third-order valence-corrected chi connectivity index (χ3v) is 4.41. The highest BCUT2D eigenvalue weighted by molar-refractivity contribution is 5.89. The van der Waals surface area contributed by atoms with E-state index in [4.69, 9.17) is 9.15 Å². The predicted molar refractivity (Wildman–Crippen MR) is 110 cm³/mol. The van der Waals surface area contributed by atoms with E-state index in [9.17, 15) is 13.6 Å². The summed E-state index contributed by atoms with van der Waals surface area (Å²) in [6.07, 6.45) is -3.35. The van der Waals surface area contributed by atoms with Gasteiger partial charge in [-0.1, -0.05) is 48.5 Å². The van der Waals surface area contributed by atoms with Crippen molar-refractivity contribution in [3.05, 3.63) is 96.4 Å². The number of para-hydroxylation sites is 2. The molecule has 4 aromatic rings. The van der Waals surface area contributed by atoms with Gasteiger partial charge >= 0.3 is 12.5 Å². The number of anilines is 1. The van der Waals surface area contributed by atoms with Gasteiger partial charge in [-0.05, 0) is 42.0 Å². The minimum absolute atomic E-state index is 0.00486. The van der Waals surface area contributed by atoms with E-state index in [0.29, 0.717) is 17.0 Å². The molecule has 156 valence electrons. The third-order valence-electron chi connectivity index (χ3n) is 4.41. The number of ether oxygens (including phenoxy) is 1. The van der Waals surface area contributed by atoms with Crippen molar-refractivity contribution in [1.82, 2.24) is 10.2 Å². The predicted octanol–water partition coefficient (Wildman–Crippen LogP) is 5.88. The summed E-state index contributed by atoms with van der Waals surface area (Å²) >= 11 is 0. The Morgan fingerprint density at radius 3 is 2.16 bits per heavy atom. The monoisotopic (exact) mass is 421 g/mol. The second kappa shape index (κ2) is 9.17. The molecule has 0 bridgehead atoms. The number of hydrogen-bond acceptors (Lipinski definition) is 5. The summed E-state index contributed by atoms with van der Waals surface area (Å²) in [6, 6.07) is 24.8. The Balaban J connectivity index is 1.54. The molecule has 0 radical (unpaired) electrons. The molecule has 0 atom stereocenters. The van der Waals surface area contributed by atoms with E-state index in [1.54, 1.807) is 48.5 Å². The molecule has 8 heteroatoms. The summed E-state index contributed by atoms with van der Waals surface area (Å²) in [5, 5.41) is 6.97. The average molecular weight is 421 g/mol. The standard InChI is InChI=1S/C23H17F2N3O3/c24-20(25)22-27-26-21(31-22)17-13-11-16(12-14-17)15-28(18-7-3-1-4-8-18)23(29)30-19-9-5-2-6-10-19/h1-14,20H,15H2. The molecule has 0 fully saturated rings. The van der Waals surface area contributed by atoms with Crippen molar-refractivity contribution in [2.45, 2.75) is 13.0 Å². The number of halogens is 2. The van der Waals surface area contributed by atoms with E-state index in [1.807, 2.05) is 36.4 Å². The first-order valence-corrected chi connectivity index (χ1v) is 9.40. The molecule has 0 aliphatic heterocycles. The highest BCUT2D eigenvalue weighted by Gasteiger charge is 2.20. The lowest BCUT2D eigenvalue weighted by Crippen LogP contribution is -2.33. The van der Waals surface area contributed by atoms with Gasteiger partial charge in [-0.25, -0.2) is 4.79 Å². The van der Waals surface area contributed by atoms with Crippen molar-refractivity contribution >= 4 is 11.8 Å². The molecule has 0 N–H and O–H groups in total. The number of nitrogens with zero attached hydrogens (tertiary/aromatic N) is 3. The normalized spacial score (nSPS) is 10.8. The zero-order valence-electron chi connectivity index (χ0n) is 16.2. The highest BCUT2D eigenvalue weighted by Crippen LogP contribution is 2.25. The number of hydrogen-bond donors (Lipinski definition) is 0. The van der Waals surface area contributed by atoms with Crippen molar-refractivity contribution in [2.24, 2.45) is 0 Å². The number of carbonyl (C=O) groups excluding carboxylic acids is 1. The molecule has 0 aliphatic carbocycles. The van der Waals surface area contributed by atoms with Crippen LogP contribution in [0.3, 0.4) is 0 Å². The summed E-state index contributed by atoms with van der Waals surface area (Å²) in [4.78, 5) is 14.4. The molecule has 0 saturated heterocycles. The molecule has 3 aromatic carbocycles. The first-order chi connectivity index (χ1) is 15.1. The van der Waals surface area contributed by atoms with Crippen LogP contribution in [0.2, 0.25) is 0 Å². The Morgan fingerprint density at radius 1 is 0.903 bits per heavy atom. The summed E-state index contributed by atoms with van der Waals surface area (Å²) in [7, 11) is 0. The second-order valence-corrected chi connectivity index (χ2v) is 6.55. The molecule has 0 spiro atoms. The lowest BCUT2D eigenvalue weighted by Gasteiger charge is -2.22. The average Bonchev–Trinajstić information content (AvgIpc) is 3.30. The maximum absolute atomic E-state index is 12.9. The summed E-state index contributed by atoms with van der Waals surface area (Å²) in [5.41, 5.74) is 1.97. The fourth-order valence-corrected chi connectivity index (χ4v) is 2.89. The van der Waals surface area contributed by atoms with Crippen LogP contribution >= 0.6 is 0 Å². The number of benzene rings is 3. The van der Waals surface area contributed by atoms with Crippen LogP contribution in [0.1, 0.15) is 17.9 Å². The topological polar surface area (TPSA) is 68.5 Å². The van der Waals surface area contributed by atoms with Crippen LogP contribution in [-0.4, -0.2) is 16.3 Å². The van der Waals surface area contributed by atoms with Crippen LogP contribution in [0.5, 0.6) is 5.75 Å². The van der Waals surface area contributed by atoms with Gasteiger partial charge in [0, 0.05) is 11.3 Å². The first kappa shape index (κ1) is 20.2. The number of carbonyl (C=O) groups is 1. The van der Waals surface area contributed by atoms with Crippen molar-refractivity contribution in [3.63, 3.8) is 0 Å². The first-order valence-electron chi connectivity index (χ1n) is 9.40. The fraction of sp³-hybridized carbons (Fsp3) is 0.0870. The minimum atomic E-state index is -2.82. The van der Waals surface area contributed by atoms with E-state index in [1.165, 1.54) is 4.90 Å². The van der Waals surface area contributed by atoms with Gasteiger partial charge < -0.3 is 9.15 Å². The number of aromatic nitrogens is 2. The Morgan fingerprint density at radius 2 is 1.55 bits per heavy atom. The van der Waals surface area contributed by atoms with Gasteiger partial charge in [0.2, 0.25) is 5.89 Å². The zero-order valence-corrected chi connectivity index (χ0v) is 16.2. The molecule has 0 saturated carbocycles. The number of rotatable bonds is 6. The summed E-state index contributed by atoms with van der Waals surface area (Å²) in [5.74, 6) is -0.279. The smallest absolute Gasteiger partial charge is 0.415 e. The Kier molecular flexibility index (Phi) is 5.98. The lowest BCUT2D eigenvalue weighted by atomic mass is 10.1. The van der Waals surface area contributed by atoms with Gasteiger partial charge in [-0.2, -0.15) is 8.78 Å². The molecule has 4 rings (SSSR count). The van der Waals surface area contributed by atoms with Gasteiger partial charge in [-0.3, -0.25) is 4.90 Å². The fourth-order valence-electron chi connectivity index (χ4n) is 2.89. The maximum atomic E-state index is 12.9. The largest absolute Gasteiger partial charge is 0.420 e. The Bertz CT molecular complexity index is 1130. The van der Waals surface area contributed by atoms with E-state index in [-0.39, 0.29) is 12.4 Å². The van der Waals surface area contributed by atoms with Crippen LogP contribution in [0.25, 0.3) is 11.5 Å². The number of amides is 1. The molecule has 6 nitrogen and oxygen atoms in total. The van der Waals surface area contributed by atoms with E-state index in [2.05, 4.69) is 10.2 Å². The van der Waals surface area contributed by atoms with E-state index < -0.39 is 18.4 Å². The SMILES string of the molecule is O=C(Oc1ccccc1)N(Cc1ccc(-c2nnc(C(F)F)o2)cc1)c1ccccc1. The summed E-state index contributed by atoms with van der Waals surface area (Å²) < 4.78 is 35.8. The van der Waals surface area contributed by atoms with Crippen LogP contribution in [0, 0.1) is 0 Å². The molecule has 1 amide bonds. The molecule has 31 heavy (non-hydrogen) atoms. The van der Waals surface area contributed by atoms with Crippen molar-refractivity contribution in [2.75, 3.05) is 4.90 Å². The van der Waals surface area contributed by atoms with Crippen LogP contribution in [-0.2, 0) is 6.54 Å². The van der Waals surface area contributed by atoms with Gasteiger partial charge in [0.15, 0.2) is 0 Å². The van der Waals surface area contributed by atoms with Crippen molar-refractivity contribution in [3.8, 4) is 17.2 Å². The summed E-state index contributed by atoms with van der Waals surface area (Å²) in [6.45, 7) is 0.238. The molecule has 1 aromatic heterocycles. The molecular weight excluding hydrogens is 404 g/mol. The van der Waals surface area contributed by atoms with Gasteiger partial charge in [0.25, 0.3) is 5.89 Å². The highest BCUT2D eigenvalue weighted by atomic mass is 19.3. The quantitative estimate of drug-likeness (QED) is 0.389. The molecular formula is C23H17F2N3O3. The maximum Gasteiger partial charge on any atom is 0.420 e. The molecule has 0 unspecified atom stereocenters. The van der Waals surface area contributed by atoms with Gasteiger partial charge in [0.1, 0.15) is 5.75 Å². The van der Waals surface area contributed by atoms with Crippen LogP contribution < -0.4 is 9.64 Å². The molecule has 0 aliphatic rings. The van der Waals surface area contributed by atoms with Crippen molar-refractivity contribution < 1.29 is 22.7 Å². The van der Waals surface area contributed by atoms with E-state index in [0.717, 1.165) is 5.56 Å². The van der Waals surface area contributed by atoms with Gasteiger partial charge in [-0.15, -0.1) is 10.2 Å². The molecule has 1 heterocycles. The Hall–Kier alpha value is -4.07. The Labute approximate surface area is 176 Å². The van der Waals surface area contributed by atoms with Crippen molar-refractivity contribution in [1.29, 1.82) is 0 Å². The zero-order chi connectivity index (χ0) is 21.6. The second-order valence-electron chi connectivity index (χ2n) is 6.55. The van der Waals surface area contributed by atoms with Crippen LogP contribution in [0.15, 0.2) is 89.3 Å². The lowest BCUT2D eigenvalue weighted by molar-refractivity contribution is 0.116. The number of alkyl halides is 2.